The van der Waals surface area contributed by atoms with E-state index in [4.69, 9.17) is 0 Å². The van der Waals surface area contributed by atoms with Gasteiger partial charge in [-0.1, -0.05) is 18.7 Å². The molecule has 1 aromatic heterocycles. The van der Waals surface area contributed by atoms with Crippen LogP contribution in [0.25, 0.3) is 0 Å². The molecule has 1 saturated heterocycles. The fourth-order valence-electron chi connectivity index (χ4n) is 2.52. The van der Waals surface area contributed by atoms with Crippen molar-refractivity contribution in [3.63, 3.8) is 0 Å². The number of hydrogen-bond donors (Lipinski definition) is 0. The van der Waals surface area contributed by atoms with Crippen LogP contribution in [0.5, 0.6) is 0 Å². The van der Waals surface area contributed by atoms with Crippen LogP contribution in [0.15, 0.2) is 23.3 Å². The first-order chi connectivity index (χ1) is 10.1. The van der Waals surface area contributed by atoms with Gasteiger partial charge in [0, 0.05) is 43.7 Å². The van der Waals surface area contributed by atoms with Crippen molar-refractivity contribution in [2.45, 2.75) is 12.2 Å². The van der Waals surface area contributed by atoms with E-state index in [0.717, 1.165) is 37.9 Å². The Kier molecular flexibility index (Phi) is 3.96. The number of aliphatic imine (C=N–C) groups is 1. The minimum atomic E-state index is -0.368. The van der Waals surface area contributed by atoms with Crippen molar-refractivity contribution < 1.29 is 4.92 Å². The maximum atomic E-state index is 11.1. The molecular formula is C13H17N5O2S. The van der Waals surface area contributed by atoms with Gasteiger partial charge >= 0.3 is 5.69 Å². The van der Waals surface area contributed by atoms with Gasteiger partial charge in [0.1, 0.15) is 0 Å². The summed E-state index contributed by atoms with van der Waals surface area (Å²) in [4.78, 5) is 23.7. The van der Waals surface area contributed by atoms with Crippen LogP contribution in [0.4, 0.5) is 11.5 Å². The third kappa shape index (κ3) is 2.94. The van der Waals surface area contributed by atoms with Gasteiger partial charge in [0.05, 0.1) is 11.5 Å². The number of rotatable bonds is 2. The predicted octanol–water partition coefficient (Wildman–Crippen LogP) is 1.60. The van der Waals surface area contributed by atoms with Gasteiger partial charge in [-0.05, 0) is 6.07 Å². The number of piperazine rings is 1. The number of aromatic nitrogens is 1. The Hall–Kier alpha value is -1.83. The summed E-state index contributed by atoms with van der Waals surface area (Å²) in [5, 5.41) is 12.7. The van der Waals surface area contributed by atoms with Crippen molar-refractivity contribution >= 4 is 28.4 Å². The molecule has 7 nitrogen and oxygen atoms in total. The molecule has 1 fully saturated rings. The molecule has 8 heteroatoms. The second kappa shape index (κ2) is 5.88. The van der Waals surface area contributed by atoms with E-state index in [9.17, 15) is 10.1 Å². The second-order valence-corrected chi connectivity index (χ2v) is 6.53. The summed E-state index contributed by atoms with van der Waals surface area (Å²) in [7, 11) is 0. The van der Waals surface area contributed by atoms with Gasteiger partial charge in [-0.25, -0.2) is 4.98 Å². The van der Waals surface area contributed by atoms with Crippen LogP contribution < -0.4 is 4.90 Å². The minimum absolute atomic E-state index is 0.0761. The van der Waals surface area contributed by atoms with Crippen molar-refractivity contribution in [1.82, 2.24) is 9.88 Å². The van der Waals surface area contributed by atoms with Gasteiger partial charge in [0.25, 0.3) is 0 Å². The second-order valence-electron chi connectivity index (χ2n) is 5.13. The van der Waals surface area contributed by atoms with Crippen LogP contribution in [0.3, 0.4) is 0 Å². The van der Waals surface area contributed by atoms with Gasteiger partial charge in [-0.3, -0.25) is 15.1 Å². The molecule has 112 valence electrons. The summed E-state index contributed by atoms with van der Waals surface area (Å²) in [5.74, 6) is 0.469. The predicted molar refractivity (Wildman–Crippen MR) is 84.0 cm³/mol. The van der Waals surface area contributed by atoms with Gasteiger partial charge in [-0.15, -0.1) is 0 Å². The Morgan fingerprint density at radius 1 is 1.33 bits per heavy atom. The molecular weight excluding hydrogens is 290 g/mol. The Bertz CT molecular complexity index is 571. The molecule has 0 amide bonds. The van der Waals surface area contributed by atoms with E-state index in [2.05, 4.69) is 21.8 Å². The normalized spacial score (nSPS) is 22.3. The molecule has 0 radical (unpaired) electrons. The summed E-state index contributed by atoms with van der Waals surface area (Å²) >= 11 is 1.81. The molecule has 2 aliphatic rings. The lowest BCUT2D eigenvalue weighted by atomic mass is 10.3. The molecule has 1 atom stereocenters. The number of thioether (sulfide) groups is 1. The molecule has 0 spiro atoms. The van der Waals surface area contributed by atoms with E-state index < -0.39 is 0 Å². The molecule has 0 N–H and O–H groups in total. The highest BCUT2D eigenvalue weighted by Crippen LogP contribution is 2.28. The number of pyridine rings is 1. The largest absolute Gasteiger partial charge is 0.348 e. The van der Waals surface area contributed by atoms with Crippen LogP contribution in [0.1, 0.15) is 6.92 Å². The highest BCUT2D eigenvalue weighted by molar-refractivity contribution is 8.14. The quantitative estimate of drug-likeness (QED) is 0.610. The molecule has 21 heavy (non-hydrogen) atoms. The summed E-state index contributed by atoms with van der Waals surface area (Å²) in [5.41, 5.74) is 0.0761. The van der Waals surface area contributed by atoms with Crippen LogP contribution in [0.2, 0.25) is 0 Å². The molecule has 1 aromatic rings. The topological polar surface area (TPSA) is 74.9 Å². The number of anilines is 1. The van der Waals surface area contributed by atoms with Crippen molar-refractivity contribution in [3.05, 3.63) is 28.4 Å². The van der Waals surface area contributed by atoms with E-state index >= 15 is 0 Å². The number of amidine groups is 1. The van der Waals surface area contributed by atoms with E-state index in [1.54, 1.807) is 12.3 Å². The number of hydrogen-bond acceptors (Lipinski definition) is 7. The molecule has 3 rings (SSSR count). The van der Waals surface area contributed by atoms with E-state index in [1.165, 1.54) is 6.07 Å². The average molecular weight is 307 g/mol. The van der Waals surface area contributed by atoms with Gasteiger partial charge in [-0.2, -0.15) is 0 Å². The summed E-state index contributed by atoms with van der Waals surface area (Å²) in [6, 6.07) is 3.11. The Labute approximate surface area is 127 Å². The first-order valence-electron chi connectivity index (χ1n) is 6.95. The number of nitrogens with zero attached hydrogens (tertiary/aromatic N) is 5. The summed E-state index contributed by atoms with van der Waals surface area (Å²) in [6.07, 6.45) is 1.60. The van der Waals surface area contributed by atoms with Crippen LogP contribution in [-0.4, -0.2) is 57.9 Å². The molecule has 2 aliphatic heterocycles. The van der Waals surface area contributed by atoms with Crippen LogP contribution in [-0.2, 0) is 0 Å². The molecule has 0 aromatic carbocycles. The monoisotopic (exact) mass is 307 g/mol. The first kappa shape index (κ1) is 14.1. The minimum Gasteiger partial charge on any atom is -0.348 e. The average Bonchev–Trinajstić information content (AvgIpc) is 2.94. The zero-order chi connectivity index (χ0) is 14.8. The highest BCUT2D eigenvalue weighted by atomic mass is 32.2. The first-order valence-corrected chi connectivity index (χ1v) is 7.83. The zero-order valence-corrected chi connectivity index (χ0v) is 12.6. The summed E-state index contributed by atoms with van der Waals surface area (Å²) < 4.78 is 0. The lowest BCUT2D eigenvalue weighted by Gasteiger charge is -2.35. The lowest BCUT2D eigenvalue weighted by molar-refractivity contribution is -0.384. The fraction of sp³-hybridized carbons (Fsp3) is 0.538. The van der Waals surface area contributed by atoms with E-state index in [0.29, 0.717) is 11.1 Å². The van der Waals surface area contributed by atoms with E-state index in [-0.39, 0.29) is 10.6 Å². The maximum absolute atomic E-state index is 11.1. The van der Waals surface area contributed by atoms with E-state index in [1.807, 2.05) is 16.7 Å². The Morgan fingerprint density at radius 3 is 2.67 bits per heavy atom. The standard InChI is InChI=1S/C13H17N5O2S/c1-10-9-15-13(21-10)17-7-5-16(6-8-17)12-11(18(19)20)3-2-4-14-12/h2-4,10H,5-9H2,1H3. The molecule has 1 unspecified atom stereocenters. The van der Waals surface area contributed by atoms with Crippen LogP contribution >= 0.6 is 11.8 Å². The van der Waals surface area contributed by atoms with Crippen molar-refractivity contribution in [2.24, 2.45) is 4.99 Å². The van der Waals surface area contributed by atoms with Gasteiger partial charge < -0.3 is 9.80 Å². The van der Waals surface area contributed by atoms with Gasteiger partial charge in [0.2, 0.25) is 5.82 Å². The summed E-state index contributed by atoms with van der Waals surface area (Å²) in [6.45, 7) is 6.16. The molecule has 0 saturated carbocycles. The highest BCUT2D eigenvalue weighted by Gasteiger charge is 2.28. The lowest BCUT2D eigenvalue weighted by Crippen LogP contribution is -2.48. The van der Waals surface area contributed by atoms with Crippen molar-refractivity contribution in [3.8, 4) is 0 Å². The van der Waals surface area contributed by atoms with Gasteiger partial charge in [0.15, 0.2) is 5.17 Å². The third-order valence-electron chi connectivity index (χ3n) is 3.60. The SMILES string of the molecule is CC1CN=C(N2CCN(c3ncccc3[N+](=O)[O-])CC2)S1. The fourth-order valence-corrected chi connectivity index (χ4v) is 3.51. The third-order valence-corrected chi connectivity index (χ3v) is 4.75. The Morgan fingerprint density at radius 2 is 2.05 bits per heavy atom. The smallest absolute Gasteiger partial charge is 0.311 e. The van der Waals surface area contributed by atoms with Crippen molar-refractivity contribution in [1.29, 1.82) is 0 Å². The van der Waals surface area contributed by atoms with Crippen LogP contribution in [0, 0.1) is 10.1 Å². The Balaban J connectivity index is 1.68. The number of nitro groups is 1. The maximum Gasteiger partial charge on any atom is 0.311 e. The van der Waals surface area contributed by atoms with Crippen molar-refractivity contribution in [2.75, 3.05) is 37.6 Å². The molecule has 0 bridgehead atoms. The zero-order valence-electron chi connectivity index (χ0n) is 11.8. The molecule has 3 heterocycles. The molecule has 0 aliphatic carbocycles.